The first-order valence-corrected chi connectivity index (χ1v) is 7.64. The molecule has 0 amide bonds. The summed E-state index contributed by atoms with van der Waals surface area (Å²) in [5.74, 6) is 3.84. The molecule has 0 aliphatic carbocycles. The maximum Gasteiger partial charge on any atom is 0.218 e. The van der Waals surface area contributed by atoms with Gasteiger partial charge in [-0.25, -0.2) is 4.98 Å². The molecule has 114 valence electrons. The molecule has 0 bridgehead atoms. The fourth-order valence-corrected chi connectivity index (χ4v) is 1.61. The Labute approximate surface area is 123 Å². The zero-order valence-electron chi connectivity index (χ0n) is 13.7. The molecule has 0 fully saturated rings. The first kappa shape index (κ1) is 16.7. The molecular formula is C16H29N3O. The summed E-state index contributed by atoms with van der Waals surface area (Å²) in [6.07, 6.45) is 1.13. The number of rotatable bonds is 8. The van der Waals surface area contributed by atoms with E-state index in [-0.39, 0.29) is 0 Å². The zero-order chi connectivity index (χ0) is 15.1. The molecule has 0 radical (unpaired) electrons. The predicted octanol–water partition coefficient (Wildman–Crippen LogP) is 4.09. The van der Waals surface area contributed by atoms with Crippen LogP contribution in [0.2, 0.25) is 0 Å². The third-order valence-electron chi connectivity index (χ3n) is 2.83. The molecule has 1 aromatic rings. The minimum absolute atomic E-state index is 0.295. The summed E-state index contributed by atoms with van der Waals surface area (Å²) in [5, 5.41) is 3.37. The van der Waals surface area contributed by atoms with Crippen LogP contribution < -0.4 is 10.1 Å². The van der Waals surface area contributed by atoms with E-state index in [4.69, 9.17) is 4.74 Å². The summed E-state index contributed by atoms with van der Waals surface area (Å²) in [6, 6.07) is 1.90. The summed E-state index contributed by atoms with van der Waals surface area (Å²) >= 11 is 0. The monoisotopic (exact) mass is 279 g/mol. The van der Waals surface area contributed by atoms with Gasteiger partial charge in [-0.15, -0.1) is 0 Å². The summed E-state index contributed by atoms with van der Waals surface area (Å²) in [4.78, 5) is 9.03. The fraction of sp³-hybridized carbons (Fsp3) is 0.750. The molecule has 0 unspecified atom stereocenters. The van der Waals surface area contributed by atoms with Gasteiger partial charge in [0.05, 0.1) is 6.61 Å². The van der Waals surface area contributed by atoms with Gasteiger partial charge in [-0.1, -0.05) is 41.5 Å². The van der Waals surface area contributed by atoms with Gasteiger partial charge >= 0.3 is 0 Å². The molecule has 1 aromatic heterocycles. The lowest BCUT2D eigenvalue weighted by Gasteiger charge is -2.13. The van der Waals surface area contributed by atoms with Crippen molar-refractivity contribution in [3.05, 3.63) is 11.9 Å². The number of hydrogen-bond donors (Lipinski definition) is 1. The standard InChI is InChI=1S/C16H29N3O/c1-11(2)7-8-17-14-9-15(20-10-12(3)4)19-16(18-14)13(5)6/h9,11-13H,7-8,10H2,1-6H3,(H,17,18,19). The Morgan fingerprint density at radius 2 is 1.75 bits per heavy atom. The Balaban J connectivity index is 2.76. The van der Waals surface area contributed by atoms with E-state index in [9.17, 15) is 0 Å². The second-order valence-electron chi connectivity index (χ2n) is 6.42. The van der Waals surface area contributed by atoms with E-state index in [0.717, 1.165) is 24.6 Å². The van der Waals surface area contributed by atoms with Crippen LogP contribution in [0, 0.1) is 11.8 Å². The van der Waals surface area contributed by atoms with Crippen LogP contribution in [0.25, 0.3) is 0 Å². The molecule has 0 atom stereocenters. The van der Waals surface area contributed by atoms with E-state index in [2.05, 4.69) is 56.8 Å². The largest absolute Gasteiger partial charge is 0.477 e. The van der Waals surface area contributed by atoms with Crippen molar-refractivity contribution in [1.29, 1.82) is 0 Å². The normalized spacial score (nSPS) is 11.4. The summed E-state index contributed by atoms with van der Waals surface area (Å²) in [6.45, 7) is 14.5. The lowest BCUT2D eigenvalue weighted by molar-refractivity contribution is 0.260. The van der Waals surface area contributed by atoms with Crippen molar-refractivity contribution in [2.75, 3.05) is 18.5 Å². The molecule has 4 nitrogen and oxygen atoms in total. The highest BCUT2D eigenvalue weighted by Crippen LogP contribution is 2.19. The third-order valence-corrected chi connectivity index (χ3v) is 2.83. The van der Waals surface area contributed by atoms with Crippen molar-refractivity contribution in [3.63, 3.8) is 0 Å². The van der Waals surface area contributed by atoms with Gasteiger partial charge < -0.3 is 10.1 Å². The van der Waals surface area contributed by atoms with Crippen LogP contribution in [0.1, 0.15) is 59.7 Å². The third kappa shape index (κ3) is 6.22. The van der Waals surface area contributed by atoms with Gasteiger partial charge in [0.25, 0.3) is 0 Å². The van der Waals surface area contributed by atoms with Crippen LogP contribution >= 0.6 is 0 Å². The maximum absolute atomic E-state index is 5.74. The minimum Gasteiger partial charge on any atom is -0.477 e. The molecule has 0 spiro atoms. The van der Waals surface area contributed by atoms with Crippen molar-refractivity contribution in [2.24, 2.45) is 11.8 Å². The molecule has 1 N–H and O–H groups in total. The number of nitrogens with zero attached hydrogens (tertiary/aromatic N) is 2. The summed E-state index contributed by atoms with van der Waals surface area (Å²) in [5.41, 5.74) is 0. The Kier molecular flexibility index (Phi) is 6.76. The Hall–Kier alpha value is -1.32. The van der Waals surface area contributed by atoms with E-state index in [1.54, 1.807) is 0 Å². The topological polar surface area (TPSA) is 47.0 Å². The Morgan fingerprint density at radius 1 is 1.05 bits per heavy atom. The van der Waals surface area contributed by atoms with Crippen molar-refractivity contribution < 1.29 is 4.74 Å². The molecule has 0 saturated carbocycles. The number of aromatic nitrogens is 2. The second kappa shape index (κ2) is 8.08. The van der Waals surface area contributed by atoms with Gasteiger partial charge in [-0.05, 0) is 18.3 Å². The highest BCUT2D eigenvalue weighted by Gasteiger charge is 2.09. The maximum atomic E-state index is 5.74. The van der Waals surface area contributed by atoms with Crippen LogP contribution in [0.3, 0.4) is 0 Å². The van der Waals surface area contributed by atoms with E-state index in [1.807, 2.05) is 6.07 Å². The van der Waals surface area contributed by atoms with Crippen molar-refractivity contribution in [3.8, 4) is 5.88 Å². The van der Waals surface area contributed by atoms with E-state index >= 15 is 0 Å². The summed E-state index contributed by atoms with van der Waals surface area (Å²) in [7, 11) is 0. The van der Waals surface area contributed by atoms with Crippen LogP contribution in [0.5, 0.6) is 5.88 Å². The van der Waals surface area contributed by atoms with Gasteiger partial charge in [0.2, 0.25) is 5.88 Å². The lowest BCUT2D eigenvalue weighted by atomic mass is 10.1. The average Bonchev–Trinajstić information content (AvgIpc) is 2.35. The van der Waals surface area contributed by atoms with Gasteiger partial charge in [0, 0.05) is 18.5 Å². The smallest absolute Gasteiger partial charge is 0.218 e. The Bertz CT molecular complexity index is 403. The quantitative estimate of drug-likeness (QED) is 0.778. The van der Waals surface area contributed by atoms with Gasteiger partial charge in [-0.2, -0.15) is 4.98 Å². The van der Waals surface area contributed by atoms with Crippen molar-refractivity contribution in [2.45, 2.75) is 53.9 Å². The van der Waals surface area contributed by atoms with Gasteiger partial charge in [-0.3, -0.25) is 0 Å². The van der Waals surface area contributed by atoms with Crippen LogP contribution in [0.4, 0.5) is 5.82 Å². The van der Waals surface area contributed by atoms with E-state index in [1.165, 1.54) is 0 Å². The molecule has 20 heavy (non-hydrogen) atoms. The van der Waals surface area contributed by atoms with Crippen molar-refractivity contribution in [1.82, 2.24) is 9.97 Å². The van der Waals surface area contributed by atoms with E-state index in [0.29, 0.717) is 30.2 Å². The highest BCUT2D eigenvalue weighted by molar-refractivity contribution is 5.38. The minimum atomic E-state index is 0.295. The van der Waals surface area contributed by atoms with E-state index < -0.39 is 0 Å². The molecule has 0 aliphatic rings. The lowest BCUT2D eigenvalue weighted by Crippen LogP contribution is -2.11. The molecule has 0 saturated heterocycles. The predicted molar refractivity (Wildman–Crippen MR) is 84.4 cm³/mol. The van der Waals surface area contributed by atoms with Crippen LogP contribution in [-0.2, 0) is 0 Å². The molecule has 1 rings (SSSR count). The Morgan fingerprint density at radius 3 is 2.30 bits per heavy atom. The van der Waals surface area contributed by atoms with Gasteiger partial charge in [0.15, 0.2) is 0 Å². The average molecular weight is 279 g/mol. The number of nitrogens with one attached hydrogen (secondary N) is 1. The first-order chi connectivity index (χ1) is 9.38. The van der Waals surface area contributed by atoms with Crippen LogP contribution in [-0.4, -0.2) is 23.1 Å². The van der Waals surface area contributed by atoms with Gasteiger partial charge in [0.1, 0.15) is 11.6 Å². The van der Waals surface area contributed by atoms with Crippen molar-refractivity contribution >= 4 is 5.82 Å². The number of hydrogen-bond acceptors (Lipinski definition) is 4. The number of anilines is 1. The second-order valence-corrected chi connectivity index (χ2v) is 6.42. The molecule has 0 aromatic carbocycles. The molecular weight excluding hydrogens is 250 g/mol. The fourth-order valence-electron chi connectivity index (χ4n) is 1.61. The molecule has 0 aliphatic heterocycles. The SMILES string of the molecule is CC(C)CCNc1cc(OCC(C)C)nc(C(C)C)n1. The molecule has 1 heterocycles. The van der Waals surface area contributed by atoms with Crippen LogP contribution in [0.15, 0.2) is 6.07 Å². The first-order valence-electron chi connectivity index (χ1n) is 7.64. The number of ether oxygens (including phenoxy) is 1. The zero-order valence-corrected chi connectivity index (χ0v) is 13.7. The summed E-state index contributed by atoms with van der Waals surface area (Å²) < 4.78 is 5.74. The highest BCUT2D eigenvalue weighted by atomic mass is 16.5. The molecule has 4 heteroatoms.